The summed E-state index contributed by atoms with van der Waals surface area (Å²) in [4.78, 5) is 8.89. The van der Waals surface area contributed by atoms with E-state index in [-0.39, 0.29) is 12.2 Å². The van der Waals surface area contributed by atoms with Crippen LogP contribution in [-0.2, 0) is 9.47 Å². The van der Waals surface area contributed by atoms with Crippen molar-refractivity contribution in [1.29, 1.82) is 0 Å². The molecule has 0 bridgehead atoms. The Labute approximate surface area is 214 Å². The first kappa shape index (κ1) is 25.9. The van der Waals surface area contributed by atoms with E-state index >= 15 is 0 Å². The number of methoxy groups -OCH3 is 2. The highest BCUT2D eigenvalue weighted by Crippen LogP contribution is 2.34. The molecule has 2 aliphatic heterocycles. The van der Waals surface area contributed by atoms with Gasteiger partial charge in [-0.25, -0.2) is 4.98 Å². The van der Waals surface area contributed by atoms with E-state index in [9.17, 15) is 0 Å². The molecule has 8 heteroatoms. The maximum atomic E-state index is 6.38. The molecule has 2 aromatic rings. The molecule has 4 rings (SSSR count). The van der Waals surface area contributed by atoms with Crippen LogP contribution in [0.25, 0.3) is 0 Å². The number of rotatable bonds is 10. The van der Waals surface area contributed by atoms with Crippen LogP contribution in [0.3, 0.4) is 0 Å². The first-order valence-electron chi connectivity index (χ1n) is 12.6. The fourth-order valence-corrected chi connectivity index (χ4v) is 5.21. The van der Waals surface area contributed by atoms with Crippen LogP contribution >= 0.6 is 11.6 Å². The Morgan fingerprint density at radius 3 is 2.49 bits per heavy atom. The van der Waals surface area contributed by atoms with E-state index in [1.165, 1.54) is 5.69 Å². The van der Waals surface area contributed by atoms with Gasteiger partial charge in [-0.3, -0.25) is 0 Å². The Morgan fingerprint density at radius 1 is 1.06 bits per heavy atom. The van der Waals surface area contributed by atoms with E-state index in [0.717, 1.165) is 63.5 Å². The van der Waals surface area contributed by atoms with Gasteiger partial charge in [-0.1, -0.05) is 18.5 Å². The molecule has 1 aromatic carbocycles. The lowest BCUT2D eigenvalue weighted by atomic mass is 10.0. The molecule has 2 aliphatic rings. The Bertz CT molecular complexity index is 937. The molecule has 35 heavy (non-hydrogen) atoms. The normalized spacial score (nSPS) is 23.1. The Kier molecular flexibility index (Phi) is 8.98. The highest BCUT2D eigenvalue weighted by Gasteiger charge is 2.37. The Morgan fingerprint density at radius 2 is 1.80 bits per heavy atom. The summed E-state index contributed by atoms with van der Waals surface area (Å²) in [7, 11) is 3.35. The van der Waals surface area contributed by atoms with Crippen LogP contribution in [0, 0.1) is 5.92 Å². The molecule has 0 unspecified atom stereocenters. The summed E-state index contributed by atoms with van der Waals surface area (Å²) in [6.07, 6.45) is 4.89. The molecule has 0 spiro atoms. The van der Waals surface area contributed by atoms with Crippen molar-refractivity contribution in [2.45, 2.75) is 51.4 Å². The molecule has 3 heterocycles. The van der Waals surface area contributed by atoms with Crippen LogP contribution in [-0.4, -0.2) is 70.3 Å². The van der Waals surface area contributed by atoms with Crippen LogP contribution in [0.4, 0.5) is 11.4 Å². The summed E-state index contributed by atoms with van der Waals surface area (Å²) >= 11 is 6.38. The predicted molar refractivity (Wildman–Crippen MR) is 140 cm³/mol. The van der Waals surface area contributed by atoms with Crippen molar-refractivity contribution in [3.05, 3.63) is 41.6 Å². The molecule has 2 saturated heterocycles. The molecular weight excluding hydrogens is 466 g/mol. The van der Waals surface area contributed by atoms with Gasteiger partial charge < -0.3 is 28.7 Å². The zero-order valence-corrected chi connectivity index (χ0v) is 22.0. The molecule has 0 N–H and O–H groups in total. The third-order valence-electron chi connectivity index (χ3n) is 7.31. The second kappa shape index (κ2) is 12.2. The van der Waals surface area contributed by atoms with Gasteiger partial charge >= 0.3 is 0 Å². The van der Waals surface area contributed by atoms with Gasteiger partial charge in [-0.05, 0) is 37.6 Å². The summed E-state index contributed by atoms with van der Waals surface area (Å²) in [5.41, 5.74) is 2.19. The smallest absolute Gasteiger partial charge is 0.215 e. The number of piperidine rings is 1. The number of pyridine rings is 1. The van der Waals surface area contributed by atoms with Gasteiger partial charge in [0.2, 0.25) is 5.88 Å². The molecule has 192 valence electrons. The van der Waals surface area contributed by atoms with Crippen LogP contribution in [0.15, 0.2) is 36.5 Å². The Hall–Kier alpha value is -2.22. The van der Waals surface area contributed by atoms with E-state index in [1.807, 2.05) is 6.07 Å². The number of hydrogen-bond donors (Lipinski definition) is 0. The number of ether oxygens (including phenoxy) is 4. The van der Waals surface area contributed by atoms with Crippen molar-refractivity contribution in [2.24, 2.45) is 5.92 Å². The minimum atomic E-state index is 0.190. The second-order valence-corrected chi connectivity index (χ2v) is 9.89. The van der Waals surface area contributed by atoms with Crippen molar-refractivity contribution < 1.29 is 18.9 Å². The molecule has 0 amide bonds. The average molecular weight is 504 g/mol. The molecule has 3 atom stereocenters. The third kappa shape index (κ3) is 6.32. The highest BCUT2D eigenvalue weighted by atomic mass is 35.5. The number of nitrogens with zero attached hydrogens (tertiary/aromatic N) is 3. The van der Waals surface area contributed by atoms with Gasteiger partial charge in [-0.15, -0.1) is 0 Å². The third-order valence-corrected chi connectivity index (χ3v) is 7.60. The zero-order valence-electron chi connectivity index (χ0n) is 21.3. The van der Waals surface area contributed by atoms with Crippen molar-refractivity contribution >= 4 is 23.0 Å². The minimum absolute atomic E-state index is 0.190. The maximum absolute atomic E-state index is 6.38. The predicted octanol–water partition coefficient (Wildman–Crippen LogP) is 5.06. The average Bonchev–Trinajstić information content (AvgIpc) is 3.16. The summed E-state index contributed by atoms with van der Waals surface area (Å²) < 4.78 is 22.9. The number of aromatic nitrogens is 1. The van der Waals surface area contributed by atoms with Crippen LogP contribution in [0.1, 0.15) is 33.1 Å². The number of hydrogen-bond acceptors (Lipinski definition) is 7. The summed E-state index contributed by atoms with van der Waals surface area (Å²) in [5.74, 6) is 1.98. The first-order valence-corrected chi connectivity index (χ1v) is 13.0. The van der Waals surface area contributed by atoms with Gasteiger partial charge in [0.1, 0.15) is 11.9 Å². The van der Waals surface area contributed by atoms with Crippen molar-refractivity contribution in [1.82, 2.24) is 4.98 Å². The topological polar surface area (TPSA) is 56.3 Å². The fourth-order valence-electron chi connectivity index (χ4n) is 4.99. The molecule has 7 nitrogen and oxygen atoms in total. The largest absolute Gasteiger partial charge is 0.490 e. The number of halogens is 1. The van der Waals surface area contributed by atoms with E-state index in [2.05, 4.69) is 52.9 Å². The lowest BCUT2D eigenvalue weighted by Gasteiger charge is -2.34. The number of benzene rings is 1. The van der Waals surface area contributed by atoms with E-state index < -0.39 is 0 Å². The summed E-state index contributed by atoms with van der Waals surface area (Å²) in [6, 6.07) is 10.9. The second-order valence-electron chi connectivity index (χ2n) is 9.48. The highest BCUT2D eigenvalue weighted by molar-refractivity contribution is 6.33. The summed E-state index contributed by atoms with van der Waals surface area (Å²) in [5, 5.41) is 0.647. The molecule has 0 radical (unpaired) electrons. The van der Waals surface area contributed by atoms with Crippen LogP contribution in [0.2, 0.25) is 5.02 Å². The summed E-state index contributed by atoms with van der Waals surface area (Å²) in [6.45, 7) is 8.73. The minimum Gasteiger partial charge on any atom is -0.490 e. The zero-order chi connectivity index (χ0) is 24.8. The van der Waals surface area contributed by atoms with Gasteiger partial charge in [-0.2, -0.15) is 0 Å². The molecule has 1 aromatic heterocycles. The first-order chi connectivity index (χ1) is 17.0. The number of anilines is 2. The van der Waals surface area contributed by atoms with Gasteiger partial charge in [0.25, 0.3) is 0 Å². The van der Waals surface area contributed by atoms with Gasteiger partial charge in [0, 0.05) is 76.5 Å². The monoisotopic (exact) mass is 503 g/mol. The molecule has 0 saturated carbocycles. The van der Waals surface area contributed by atoms with E-state index in [4.69, 9.17) is 30.5 Å². The molecular formula is C27H38ClN3O4. The molecule has 0 aliphatic carbocycles. The fraction of sp³-hybridized carbons (Fsp3) is 0.593. The van der Waals surface area contributed by atoms with Gasteiger partial charge in [0.05, 0.1) is 30.1 Å². The van der Waals surface area contributed by atoms with Crippen molar-refractivity contribution in [3.8, 4) is 11.6 Å². The quantitative estimate of drug-likeness (QED) is 0.420. The van der Waals surface area contributed by atoms with Crippen molar-refractivity contribution in [3.63, 3.8) is 0 Å². The van der Waals surface area contributed by atoms with E-state index in [1.54, 1.807) is 20.4 Å². The standard InChI is InChI=1S/C27H38ClN3O4/c1-19-20(2)31(18-26(19)34-15-5-14-32-3)21-6-8-22(9-7-21)35-23-10-12-30(13-11-23)25-16-27(33-4)29-17-24(25)28/h6-9,16-17,19-20,23,26H,5,10-15,18H2,1-4H3/t19-,20-,26-/m0/s1. The van der Waals surface area contributed by atoms with Crippen LogP contribution < -0.4 is 19.3 Å². The maximum Gasteiger partial charge on any atom is 0.215 e. The van der Waals surface area contributed by atoms with Crippen LogP contribution in [0.5, 0.6) is 11.6 Å². The Balaban J connectivity index is 1.28. The van der Waals surface area contributed by atoms with E-state index in [0.29, 0.717) is 22.9 Å². The van der Waals surface area contributed by atoms with Gasteiger partial charge in [0.15, 0.2) is 0 Å². The van der Waals surface area contributed by atoms with Crippen molar-refractivity contribution in [2.75, 3.05) is 56.9 Å². The molecule has 2 fully saturated rings. The lowest BCUT2D eigenvalue weighted by Crippen LogP contribution is -2.38. The SMILES string of the molecule is COCCCO[C@H]1CN(c2ccc(OC3CCN(c4cc(OC)ncc4Cl)CC3)cc2)[C@@H](C)[C@@H]1C. The lowest BCUT2D eigenvalue weighted by molar-refractivity contribution is 0.0277.